The molecule has 3 aromatic rings. The smallest absolute Gasteiger partial charge is 0.434 e. The number of carbonyl (C=O) groups excluding carboxylic acids is 1. The van der Waals surface area contributed by atoms with Gasteiger partial charge in [0, 0.05) is 5.02 Å². The van der Waals surface area contributed by atoms with Gasteiger partial charge in [-0.15, -0.1) is 0 Å². The van der Waals surface area contributed by atoms with Gasteiger partial charge in [0.25, 0.3) is 5.56 Å². The number of rotatable bonds is 7. The lowest BCUT2D eigenvalue weighted by Crippen LogP contribution is -2.41. The Balaban J connectivity index is 2.00. The Hall–Kier alpha value is -3.28. The predicted molar refractivity (Wildman–Crippen MR) is 146 cm³/mol. The van der Waals surface area contributed by atoms with Crippen molar-refractivity contribution in [1.29, 1.82) is 0 Å². The molecule has 13 heteroatoms. The SMILES string of the molecule is CCOC(=O)C1=C(C(F)(F)F)N=c2s/c(=C\c3cc(Cl)c(OC(C)C)c(OC)c3)c(=O)n2[C@@H]1c1ccc(Cl)cc1. The Morgan fingerprint density at radius 2 is 1.88 bits per heavy atom. The van der Waals surface area contributed by atoms with E-state index in [9.17, 15) is 22.8 Å². The third kappa shape index (κ3) is 5.91. The Labute approximate surface area is 240 Å². The molecule has 0 radical (unpaired) electrons. The average molecular weight is 615 g/mol. The van der Waals surface area contributed by atoms with Gasteiger partial charge in [-0.1, -0.05) is 46.7 Å². The summed E-state index contributed by atoms with van der Waals surface area (Å²) in [5.41, 5.74) is -2.23. The van der Waals surface area contributed by atoms with Crippen molar-refractivity contribution >= 4 is 46.6 Å². The highest BCUT2D eigenvalue weighted by molar-refractivity contribution is 7.07. The zero-order valence-electron chi connectivity index (χ0n) is 21.6. The molecule has 0 fully saturated rings. The summed E-state index contributed by atoms with van der Waals surface area (Å²) in [6.07, 6.45) is -3.74. The monoisotopic (exact) mass is 614 g/mol. The van der Waals surface area contributed by atoms with E-state index in [-0.39, 0.29) is 32.6 Å². The number of halogens is 5. The molecule has 0 saturated heterocycles. The highest BCUT2D eigenvalue weighted by Crippen LogP contribution is 2.39. The Morgan fingerprint density at radius 1 is 1.20 bits per heavy atom. The molecule has 0 aliphatic carbocycles. The lowest BCUT2D eigenvalue weighted by molar-refractivity contribution is -0.140. The number of carbonyl (C=O) groups is 1. The number of fused-ring (bicyclic) bond motifs is 1. The van der Waals surface area contributed by atoms with E-state index in [0.29, 0.717) is 22.1 Å². The van der Waals surface area contributed by atoms with Gasteiger partial charge in [0.15, 0.2) is 22.0 Å². The summed E-state index contributed by atoms with van der Waals surface area (Å²) in [5.74, 6) is -0.609. The Morgan fingerprint density at radius 3 is 2.45 bits per heavy atom. The summed E-state index contributed by atoms with van der Waals surface area (Å²) in [6.45, 7) is 4.93. The molecular weight excluding hydrogens is 592 g/mol. The number of hydrogen-bond donors (Lipinski definition) is 0. The third-order valence-corrected chi connectivity index (χ3v) is 7.20. The van der Waals surface area contributed by atoms with Gasteiger partial charge in [-0.05, 0) is 62.2 Å². The maximum atomic E-state index is 14.2. The molecule has 0 bridgehead atoms. The molecule has 0 spiro atoms. The van der Waals surface area contributed by atoms with Crippen LogP contribution in [0.2, 0.25) is 10.0 Å². The molecule has 0 unspecified atom stereocenters. The molecule has 2 heterocycles. The van der Waals surface area contributed by atoms with Crippen LogP contribution in [-0.4, -0.2) is 36.5 Å². The quantitative estimate of drug-likeness (QED) is 0.331. The minimum absolute atomic E-state index is 0.0556. The fourth-order valence-corrected chi connectivity index (χ4v) is 5.52. The van der Waals surface area contributed by atoms with Gasteiger partial charge in [-0.2, -0.15) is 13.2 Å². The van der Waals surface area contributed by atoms with Gasteiger partial charge in [0.05, 0.1) is 41.0 Å². The first-order chi connectivity index (χ1) is 18.8. The fraction of sp³-hybridized carbons (Fsp3) is 0.296. The highest BCUT2D eigenvalue weighted by atomic mass is 35.5. The van der Waals surface area contributed by atoms with Crippen molar-refractivity contribution in [3.05, 3.63) is 88.5 Å². The summed E-state index contributed by atoms with van der Waals surface area (Å²) in [5, 5.41) is 0.541. The number of hydrogen-bond acceptors (Lipinski definition) is 7. The molecule has 2 aromatic carbocycles. The van der Waals surface area contributed by atoms with E-state index in [0.717, 1.165) is 15.9 Å². The predicted octanol–water partition coefficient (Wildman–Crippen LogP) is 5.44. The fourth-order valence-electron chi connectivity index (χ4n) is 4.13. The van der Waals surface area contributed by atoms with Crippen molar-refractivity contribution in [3.63, 3.8) is 0 Å². The van der Waals surface area contributed by atoms with Crippen LogP contribution in [0, 0.1) is 0 Å². The molecule has 1 aliphatic rings. The van der Waals surface area contributed by atoms with Gasteiger partial charge in [0.2, 0.25) is 0 Å². The van der Waals surface area contributed by atoms with Crippen LogP contribution >= 0.6 is 34.5 Å². The van der Waals surface area contributed by atoms with Gasteiger partial charge in [-0.3, -0.25) is 9.36 Å². The summed E-state index contributed by atoms with van der Waals surface area (Å²) >= 11 is 13.2. The van der Waals surface area contributed by atoms with E-state index in [4.69, 9.17) is 37.4 Å². The van der Waals surface area contributed by atoms with E-state index < -0.39 is 35.0 Å². The van der Waals surface area contributed by atoms with Crippen molar-refractivity contribution in [2.75, 3.05) is 13.7 Å². The van der Waals surface area contributed by atoms with Crippen molar-refractivity contribution in [2.45, 2.75) is 39.1 Å². The number of benzene rings is 2. The topological polar surface area (TPSA) is 79.1 Å². The second-order valence-corrected chi connectivity index (χ2v) is 10.7. The van der Waals surface area contributed by atoms with Crippen LogP contribution in [-0.2, 0) is 9.53 Å². The second-order valence-electron chi connectivity index (χ2n) is 8.82. The van der Waals surface area contributed by atoms with E-state index in [1.54, 1.807) is 12.1 Å². The lowest BCUT2D eigenvalue weighted by atomic mass is 9.95. The highest BCUT2D eigenvalue weighted by Gasteiger charge is 2.45. The molecule has 40 heavy (non-hydrogen) atoms. The number of aromatic nitrogens is 1. The minimum atomic E-state index is -5.00. The Bertz CT molecular complexity index is 1660. The molecule has 212 valence electrons. The molecule has 1 aliphatic heterocycles. The maximum Gasteiger partial charge on any atom is 0.434 e. The summed E-state index contributed by atoms with van der Waals surface area (Å²) in [6, 6.07) is 7.47. The van der Waals surface area contributed by atoms with Gasteiger partial charge in [0.1, 0.15) is 0 Å². The van der Waals surface area contributed by atoms with Crippen molar-refractivity contribution in [3.8, 4) is 11.5 Å². The molecule has 1 aromatic heterocycles. The van der Waals surface area contributed by atoms with Crippen LogP contribution in [0.1, 0.15) is 37.9 Å². The zero-order valence-corrected chi connectivity index (χ0v) is 24.0. The molecule has 0 saturated carbocycles. The first kappa shape index (κ1) is 29.7. The minimum Gasteiger partial charge on any atom is -0.493 e. The number of allylic oxidation sites excluding steroid dienone is 1. The van der Waals surface area contributed by atoms with Gasteiger partial charge >= 0.3 is 12.1 Å². The van der Waals surface area contributed by atoms with Crippen LogP contribution in [0.25, 0.3) is 6.08 Å². The zero-order chi connectivity index (χ0) is 29.4. The lowest BCUT2D eigenvalue weighted by Gasteiger charge is -2.26. The van der Waals surface area contributed by atoms with Crippen LogP contribution in [0.15, 0.2) is 57.5 Å². The normalized spacial score (nSPS) is 15.7. The molecule has 1 atom stereocenters. The van der Waals surface area contributed by atoms with Crippen LogP contribution in [0.5, 0.6) is 11.5 Å². The summed E-state index contributed by atoms with van der Waals surface area (Å²) in [4.78, 5) is 30.1. The first-order valence-electron chi connectivity index (χ1n) is 12.0. The van der Waals surface area contributed by atoms with Gasteiger partial charge < -0.3 is 14.2 Å². The second kappa shape index (κ2) is 11.7. The first-order valence-corrected chi connectivity index (χ1v) is 13.5. The molecule has 7 nitrogen and oxygen atoms in total. The summed E-state index contributed by atoms with van der Waals surface area (Å²) < 4.78 is 59.9. The van der Waals surface area contributed by atoms with E-state index in [1.807, 2.05) is 13.8 Å². The number of nitrogens with zero attached hydrogens (tertiary/aromatic N) is 2. The number of ether oxygens (including phenoxy) is 3. The molecule has 4 rings (SSSR count). The largest absolute Gasteiger partial charge is 0.493 e. The molecule has 0 N–H and O–H groups in total. The van der Waals surface area contributed by atoms with E-state index in [1.165, 1.54) is 44.4 Å². The third-order valence-electron chi connectivity index (χ3n) is 5.68. The van der Waals surface area contributed by atoms with Crippen molar-refractivity contribution in [1.82, 2.24) is 4.57 Å². The Kier molecular flexibility index (Phi) is 8.67. The van der Waals surface area contributed by atoms with Crippen LogP contribution < -0.4 is 24.4 Å². The number of thiazole rings is 1. The van der Waals surface area contributed by atoms with Crippen molar-refractivity contribution in [2.24, 2.45) is 4.99 Å². The van der Waals surface area contributed by atoms with Crippen LogP contribution in [0.3, 0.4) is 0 Å². The molecule has 0 amide bonds. The van der Waals surface area contributed by atoms with E-state index >= 15 is 0 Å². The molecular formula is C27H23Cl2F3N2O5S. The summed E-state index contributed by atoms with van der Waals surface area (Å²) in [7, 11) is 1.43. The average Bonchev–Trinajstić information content (AvgIpc) is 3.19. The number of methoxy groups -OCH3 is 1. The van der Waals surface area contributed by atoms with Crippen LogP contribution in [0.4, 0.5) is 13.2 Å². The van der Waals surface area contributed by atoms with Crippen molar-refractivity contribution < 1.29 is 32.2 Å². The van der Waals surface area contributed by atoms with Gasteiger partial charge in [-0.25, -0.2) is 9.79 Å². The standard InChI is InChI=1S/C27H23Cl2F3N2O5S/c1-5-38-25(36)20-21(15-6-8-16(28)9-7-15)34-24(35)19(40-26(34)33-23(20)27(30,31)32)12-14-10-17(29)22(39-13(2)3)18(11-14)37-4/h6-13,21H,5H2,1-4H3/b19-12-/t21-/m1/s1. The van der Waals surface area contributed by atoms with E-state index in [2.05, 4.69) is 4.99 Å². The number of esters is 1. The number of alkyl halides is 3. The maximum absolute atomic E-state index is 14.2.